The summed E-state index contributed by atoms with van der Waals surface area (Å²) < 4.78 is 18.1. The predicted octanol–water partition coefficient (Wildman–Crippen LogP) is 2.65. The van der Waals surface area contributed by atoms with Crippen molar-refractivity contribution in [1.29, 1.82) is 0 Å². The van der Waals surface area contributed by atoms with Crippen molar-refractivity contribution >= 4 is 40.5 Å². The van der Waals surface area contributed by atoms with E-state index in [1.165, 1.54) is 7.11 Å². The zero-order valence-electron chi connectivity index (χ0n) is 29.0. The van der Waals surface area contributed by atoms with Gasteiger partial charge in [0.25, 0.3) is 5.56 Å². The first kappa shape index (κ1) is 36.0. The molecular formula is C37H40N6O9. The van der Waals surface area contributed by atoms with Gasteiger partial charge in [0.2, 0.25) is 12.0 Å². The molecule has 4 aromatic rings. The highest BCUT2D eigenvalue weighted by Crippen LogP contribution is 2.41. The van der Waals surface area contributed by atoms with Gasteiger partial charge in [-0.2, -0.15) is 0 Å². The molecule has 52 heavy (non-hydrogen) atoms. The number of anilines is 1. The number of rotatable bonds is 12. The van der Waals surface area contributed by atoms with Gasteiger partial charge in [0.1, 0.15) is 12.4 Å². The Balaban J connectivity index is 1.26. The molecule has 0 saturated carbocycles. The number of carbonyl (C=O) groups is 4. The highest BCUT2D eigenvalue weighted by molar-refractivity contribution is 5.95. The van der Waals surface area contributed by atoms with Gasteiger partial charge in [-0.3, -0.25) is 9.59 Å². The zero-order chi connectivity index (χ0) is 37.3. The molecule has 0 radical (unpaired) electrons. The third-order valence-electron chi connectivity index (χ3n) is 9.61. The minimum Gasteiger partial charge on any atom is -0.474 e. The van der Waals surface area contributed by atoms with Crippen LogP contribution in [0.2, 0.25) is 0 Å². The van der Waals surface area contributed by atoms with Crippen LogP contribution in [0.3, 0.4) is 0 Å². The number of nitrogens with zero attached hydrogens (tertiary/aromatic N) is 2. The van der Waals surface area contributed by atoms with Crippen molar-refractivity contribution in [3.63, 3.8) is 0 Å². The smallest absolute Gasteiger partial charge is 0.351 e. The van der Waals surface area contributed by atoms with Gasteiger partial charge in [-0.1, -0.05) is 26.0 Å². The fourth-order valence-electron chi connectivity index (χ4n) is 6.75. The van der Waals surface area contributed by atoms with Gasteiger partial charge in [0.15, 0.2) is 5.60 Å². The van der Waals surface area contributed by atoms with Crippen LogP contribution in [0.15, 0.2) is 53.3 Å². The Kier molecular flexibility index (Phi) is 10.00. The molecule has 6 rings (SSSR count). The molecule has 15 heteroatoms. The standard InChI is InChI=1S/C37H40N6O9/c1-4-22-23-15-21(52-31(34(46)50-3)19-8-10-20(11-9-19)41-32(44)27(38)7-6-14-40-36(39)48)12-13-28(23)42-30-24(22)17-43-29(30)16-26-25(33(43)45)18-51-35(47)37(26,49)5-2/h8-13,15-16,27,31,49H,4-7,14,17-18,38H2,1-3H3,(H,41,44)(H3,39,40,48)/t27-,31?,37-/m0/s1. The molecule has 0 spiro atoms. The van der Waals surface area contributed by atoms with Crippen LogP contribution < -0.4 is 32.4 Å². The SMILES string of the molecule is CCc1c2c(nc3ccc(OC(C(=O)OC)c4ccc(NC(=O)[C@@H](N)CCCNC(N)=O)cc4)cc13)-c1cc3c(c(=O)n1C2)COC(=O)[C@]3(O)CC. The van der Waals surface area contributed by atoms with Crippen LogP contribution in [-0.4, -0.2) is 58.2 Å². The number of nitrogens with two attached hydrogens (primary N) is 2. The Morgan fingerprint density at radius 3 is 2.52 bits per heavy atom. The normalized spacial score (nSPS) is 16.9. The molecule has 0 fully saturated rings. The number of nitrogens with one attached hydrogen (secondary N) is 2. The Labute approximate surface area is 298 Å². The number of benzene rings is 2. The summed E-state index contributed by atoms with van der Waals surface area (Å²) in [5.41, 5.74) is 13.7. The van der Waals surface area contributed by atoms with Gasteiger partial charge >= 0.3 is 18.0 Å². The first-order chi connectivity index (χ1) is 24.9. The van der Waals surface area contributed by atoms with Crippen LogP contribution in [0.25, 0.3) is 22.3 Å². The number of carbonyl (C=O) groups excluding carboxylic acids is 4. The quantitative estimate of drug-likeness (QED) is 0.0933. The van der Waals surface area contributed by atoms with E-state index in [2.05, 4.69) is 10.6 Å². The molecule has 0 saturated heterocycles. The summed E-state index contributed by atoms with van der Waals surface area (Å²) in [7, 11) is 1.26. The van der Waals surface area contributed by atoms with E-state index in [1.54, 1.807) is 60.0 Å². The van der Waals surface area contributed by atoms with Gasteiger partial charge in [-0.25, -0.2) is 19.4 Å². The maximum atomic E-state index is 13.7. The maximum Gasteiger partial charge on any atom is 0.351 e. The summed E-state index contributed by atoms with van der Waals surface area (Å²) in [6, 6.07) is 12.0. The topological polar surface area (TPSA) is 227 Å². The van der Waals surface area contributed by atoms with Crippen LogP contribution in [0.4, 0.5) is 10.5 Å². The lowest BCUT2D eigenvalue weighted by Gasteiger charge is -2.31. The van der Waals surface area contributed by atoms with E-state index in [9.17, 15) is 29.1 Å². The molecular weight excluding hydrogens is 672 g/mol. The number of esters is 2. The highest BCUT2D eigenvalue weighted by Gasteiger charge is 2.45. The molecule has 3 atom stereocenters. The number of cyclic esters (lactones) is 1. The van der Waals surface area contributed by atoms with Crippen molar-refractivity contribution in [3.05, 3.63) is 86.7 Å². The Bertz CT molecular complexity index is 2150. The van der Waals surface area contributed by atoms with E-state index in [-0.39, 0.29) is 36.3 Å². The number of ether oxygens (including phenoxy) is 3. The van der Waals surface area contributed by atoms with Crippen molar-refractivity contribution in [2.75, 3.05) is 19.0 Å². The largest absolute Gasteiger partial charge is 0.474 e. The molecule has 2 aliphatic rings. The number of aromatic nitrogens is 2. The Hall–Kier alpha value is -5.80. The third-order valence-corrected chi connectivity index (χ3v) is 9.61. The average molecular weight is 713 g/mol. The number of primary amides is 1. The number of hydrogen-bond donors (Lipinski definition) is 5. The van der Waals surface area contributed by atoms with E-state index in [0.717, 1.165) is 16.5 Å². The molecule has 7 N–H and O–H groups in total. The molecule has 4 heterocycles. The van der Waals surface area contributed by atoms with E-state index in [0.29, 0.717) is 59.7 Å². The van der Waals surface area contributed by atoms with Crippen LogP contribution in [0.5, 0.6) is 5.75 Å². The van der Waals surface area contributed by atoms with Gasteiger partial charge < -0.3 is 46.0 Å². The first-order valence-corrected chi connectivity index (χ1v) is 17.0. The number of hydrogen-bond acceptors (Lipinski definition) is 11. The van der Waals surface area contributed by atoms with Crippen LogP contribution in [0.1, 0.15) is 67.0 Å². The fraction of sp³-hybridized carbons (Fsp3) is 0.351. The molecule has 2 aliphatic heterocycles. The summed E-state index contributed by atoms with van der Waals surface area (Å²) in [4.78, 5) is 67.5. The van der Waals surface area contributed by atoms with Crippen LogP contribution >= 0.6 is 0 Å². The summed E-state index contributed by atoms with van der Waals surface area (Å²) in [6.45, 7) is 3.99. The monoisotopic (exact) mass is 712 g/mol. The molecule has 2 aromatic carbocycles. The summed E-state index contributed by atoms with van der Waals surface area (Å²) in [5.74, 6) is -1.45. The van der Waals surface area contributed by atoms with Crippen molar-refractivity contribution in [3.8, 4) is 17.1 Å². The Morgan fingerprint density at radius 2 is 1.85 bits per heavy atom. The number of methoxy groups -OCH3 is 1. The van der Waals surface area contributed by atoms with Crippen molar-refractivity contribution in [1.82, 2.24) is 14.9 Å². The van der Waals surface area contributed by atoms with Gasteiger partial charge in [0.05, 0.1) is 42.2 Å². The highest BCUT2D eigenvalue weighted by atomic mass is 16.6. The van der Waals surface area contributed by atoms with E-state index in [1.807, 2.05) is 6.92 Å². The minimum atomic E-state index is -1.92. The van der Waals surface area contributed by atoms with E-state index >= 15 is 0 Å². The van der Waals surface area contributed by atoms with Gasteiger partial charge in [0, 0.05) is 34.3 Å². The molecule has 0 aliphatic carbocycles. The average Bonchev–Trinajstić information content (AvgIpc) is 3.51. The molecule has 0 bridgehead atoms. The van der Waals surface area contributed by atoms with Crippen molar-refractivity contribution in [2.45, 2.75) is 70.4 Å². The lowest BCUT2D eigenvalue weighted by molar-refractivity contribution is -0.172. The first-order valence-electron chi connectivity index (χ1n) is 17.0. The number of fused-ring (bicyclic) bond motifs is 5. The number of aliphatic hydroxyl groups is 1. The van der Waals surface area contributed by atoms with Crippen LogP contribution in [-0.2, 0) is 49.0 Å². The minimum absolute atomic E-state index is 0.0464. The predicted molar refractivity (Wildman–Crippen MR) is 189 cm³/mol. The molecule has 272 valence electrons. The van der Waals surface area contributed by atoms with Gasteiger partial charge in [-0.15, -0.1) is 0 Å². The summed E-state index contributed by atoms with van der Waals surface area (Å²) >= 11 is 0. The van der Waals surface area contributed by atoms with Crippen molar-refractivity contribution in [2.24, 2.45) is 11.5 Å². The second kappa shape index (κ2) is 14.4. The number of urea groups is 1. The second-order valence-corrected chi connectivity index (χ2v) is 12.7. The third kappa shape index (κ3) is 6.55. The van der Waals surface area contributed by atoms with Crippen molar-refractivity contribution < 1.29 is 38.5 Å². The maximum absolute atomic E-state index is 13.7. The molecule has 3 amide bonds. The molecule has 2 aromatic heterocycles. The lowest BCUT2D eigenvalue weighted by atomic mass is 9.86. The molecule has 15 nitrogen and oxygen atoms in total. The molecule has 1 unspecified atom stereocenters. The summed E-state index contributed by atoms with van der Waals surface area (Å²) in [5, 5.41) is 17.2. The Morgan fingerprint density at radius 1 is 1.10 bits per heavy atom. The number of pyridine rings is 2. The zero-order valence-corrected chi connectivity index (χ0v) is 29.0. The van der Waals surface area contributed by atoms with Gasteiger partial charge in [-0.05, 0) is 67.6 Å². The lowest BCUT2D eigenvalue weighted by Crippen LogP contribution is -2.44. The van der Waals surface area contributed by atoms with E-state index in [4.69, 9.17) is 30.7 Å². The number of aryl methyl sites for hydroxylation is 1. The second-order valence-electron chi connectivity index (χ2n) is 12.7. The number of amides is 3. The van der Waals surface area contributed by atoms with E-state index < -0.39 is 41.6 Å². The van der Waals surface area contributed by atoms with Crippen LogP contribution in [0, 0.1) is 0 Å². The summed E-state index contributed by atoms with van der Waals surface area (Å²) in [6.07, 6.45) is 0.303. The fourth-order valence-corrected chi connectivity index (χ4v) is 6.75.